The van der Waals surface area contributed by atoms with E-state index in [0.29, 0.717) is 0 Å². The van der Waals surface area contributed by atoms with Gasteiger partial charge in [0.2, 0.25) is 0 Å². The number of rotatable bonds is 5. The van der Waals surface area contributed by atoms with Gasteiger partial charge in [-0.3, -0.25) is 0 Å². The van der Waals surface area contributed by atoms with Gasteiger partial charge in [-0.1, -0.05) is 18.2 Å². The third-order valence-electron chi connectivity index (χ3n) is 2.98. The van der Waals surface area contributed by atoms with Crippen LogP contribution in [0.2, 0.25) is 0 Å². The smallest absolute Gasteiger partial charge is 0.128 e. The zero-order valence-electron chi connectivity index (χ0n) is 10.7. The Bertz CT molecular complexity index is 488. The van der Waals surface area contributed by atoms with Gasteiger partial charge in [0.15, 0.2) is 0 Å². The van der Waals surface area contributed by atoms with E-state index in [-0.39, 0.29) is 5.92 Å². The molecule has 2 nitrogen and oxygen atoms in total. The average Bonchev–Trinajstić information content (AvgIpc) is 2.90. The van der Waals surface area contributed by atoms with E-state index in [1.54, 1.807) is 11.3 Å². The van der Waals surface area contributed by atoms with Gasteiger partial charge in [0, 0.05) is 24.7 Å². The predicted molar refractivity (Wildman–Crippen MR) is 77.6 cm³/mol. The van der Waals surface area contributed by atoms with Gasteiger partial charge in [-0.2, -0.15) is 0 Å². The monoisotopic (exact) mass is 259 g/mol. The molecule has 0 saturated heterocycles. The molecular formula is C15H17NOS. The molecule has 0 fully saturated rings. The van der Waals surface area contributed by atoms with Gasteiger partial charge in [0.25, 0.3) is 0 Å². The average molecular weight is 259 g/mol. The Morgan fingerprint density at radius 3 is 2.44 bits per heavy atom. The second-order valence-corrected chi connectivity index (χ2v) is 5.50. The van der Waals surface area contributed by atoms with E-state index in [9.17, 15) is 4.79 Å². The predicted octanol–water partition coefficient (Wildman–Crippen LogP) is 3.34. The first kappa shape index (κ1) is 12.8. The number of carbonyl (C=O) groups is 1. The van der Waals surface area contributed by atoms with Gasteiger partial charge in [-0.15, -0.1) is 11.3 Å². The lowest BCUT2D eigenvalue weighted by Gasteiger charge is -2.13. The van der Waals surface area contributed by atoms with Crippen molar-refractivity contribution in [2.24, 2.45) is 0 Å². The lowest BCUT2D eigenvalue weighted by atomic mass is 9.99. The van der Waals surface area contributed by atoms with Crippen LogP contribution in [-0.4, -0.2) is 20.4 Å². The van der Waals surface area contributed by atoms with Crippen LogP contribution in [0.5, 0.6) is 0 Å². The van der Waals surface area contributed by atoms with Crippen molar-refractivity contribution >= 4 is 23.3 Å². The van der Waals surface area contributed by atoms with Crippen LogP contribution in [0.15, 0.2) is 41.8 Å². The molecule has 0 saturated carbocycles. The second kappa shape index (κ2) is 5.83. The standard InChI is InChI=1S/C15H17NOS/c1-16(2)14-7-5-12(6-8-14)10-13(11-17)15-4-3-9-18-15/h3-9,11,13H,10H2,1-2H3. The van der Waals surface area contributed by atoms with Crippen molar-refractivity contribution in [1.82, 2.24) is 0 Å². The van der Waals surface area contributed by atoms with Crippen molar-refractivity contribution in [2.75, 3.05) is 19.0 Å². The summed E-state index contributed by atoms with van der Waals surface area (Å²) >= 11 is 1.64. The molecule has 0 amide bonds. The molecule has 1 aromatic carbocycles. The fraction of sp³-hybridized carbons (Fsp3) is 0.267. The van der Waals surface area contributed by atoms with Crippen LogP contribution in [0, 0.1) is 0 Å². The Hall–Kier alpha value is -1.61. The lowest BCUT2D eigenvalue weighted by Crippen LogP contribution is -2.08. The van der Waals surface area contributed by atoms with Crippen LogP contribution < -0.4 is 4.90 Å². The first-order chi connectivity index (χ1) is 8.70. The molecule has 0 radical (unpaired) electrons. The minimum absolute atomic E-state index is 0.0183. The fourth-order valence-corrected chi connectivity index (χ4v) is 2.69. The molecule has 1 unspecified atom stereocenters. The molecule has 3 heteroatoms. The third-order valence-corrected chi connectivity index (χ3v) is 3.99. The van der Waals surface area contributed by atoms with Crippen molar-refractivity contribution in [2.45, 2.75) is 12.3 Å². The molecule has 0 aliphatic rings. The summed E-state index contributed by atoms with van der Waals surface area (Å²) < 4.78 is 0. The summed E-state index contributed by atoms with van der Waals surface area (Å²) in [4.78, 5) is 14.4. The van der Waals surface area contributed by atoms with Gasteiger partial charge in [-0.25, -0.2) is 0 Å². The minimum atomic E-state index is -0.0183. The molecule has 0 spiro atoms. The minimum Gasteiger partial charge on any atom is -0.378 e. The lowest BCUT2D eigenvalue weighted by molar-refractivity contribution is -0.109. The van der Waals surface area contributed by atoms with Crippen LogP contribution in [-0.2, 0) is 11.2 Å². The highest BCUT2D eigenvalue weighted by Gasteiger charge is 2.12. The zero-order chi connectivity index (χ0) is 13.0. The summed E-state index contributed by atoms with van der Waals surface area (Å²) in [5.41, 5.74) is 2.38. The normalized spacial score (nSPS) is 12.1. The van der Waals surface area contributed by atoms with Crippen LogP contribution in [0.1, 0.15) is 16.4 Å². The van der Waals surface area contributed by atoms with E-state index >= 15 is 0 Å². The fourth-order valence-electron chi connectivity index (χ4n) is 1.90. The van der Waals surface area contributed by atoms with E-state index in [2.05, 4.69) is 29.2 Å². The molecular weight excluding hydrogens is 242 g/mol. The number of benzene rings is 1. The van der Waals surface area contributed by atoms with Crippen molar-refractivity contribution < 1.29 is 4.79 Å². The summed E-state index contributed by atoms with van der Waals surface area (Å²) in [7, 11) is 4.05. The summed E-state index contributed by atoms with van der Waals surface area (Å²) in [5, 5.41) is 2.01. The molecule has 0 N–H and O–H groups in total. The summed E-state index contributed by atoms with van der Waals surface area (Å²) in [6.45, 7) is 0. The second-order valence-electron chi connectivity index (χ2n) is 4.52. The van der Waals surface area contributed by atoms with Crippen LogP contribution in [0.25, 0.3) is 0 Å². The Morgan fingerprint density at radius 2 is 1.94 bits per heavy atom. The molecule has 94 valence electrons. The van der Waals surface area contributed by atoms with Crippen LogP contribution in [0.4, 0.5) is 5.69 Å². The molecule has 2 aromatic rings. The summed E-state index contributed by atoms with van der Waals surface area (Å²) in [5.74, 6) is -0.0183. The molecule has 2 rings (SSSR count). The molecule has 1 heterocycles. The first-order valence-corrected chi connectivity index (χ1v) is 6.83. The number of carbonyl (C=O) groups excluding carboxylic acids is 1. The third kappa shape index (κ3) is 2.99. The molecule has 0 bridgehead atoms. The van der Waals surface area contributed by atoms with Crippen molar-refractivity contribution in [1.29, 1.82) is 0 Å². The Kier molecular flexibility index (Phi) is 4.15. The van der Waals surface area contributed by atoms with E-state index < -0.39 is 0 Å². The Morgan fingerprint density at radius 1 is 1.22 bits per heavy atom. The topological polar surface area (TPSA) is 20.3 Å². The number of hydrogen-bond acceptors (Lipinski definition) is 3. The zero-order valence-corrected chi connectivity index (χ0v) is 11.5. The van der Waals surface area contributed by atoms with Gasteiger partial charge >= 0.3 is 0 Å². The van der Waals surface area contributed by atoms with Gasteiger partial charge in [0.05, 0.1) is 5.92 Å². The van der Waals surface area contributed by atoms with Crippen LogP contribution in [0.3, 0.4) is 0 Å². The molecule has 18 heavy (non-hydrogen) atoms. The first-order valence-electron chi connectivity index (χ1n) is 5.95. The SMILES string of the molecule is CN(C)c1ccc(CC(C=O)c2cccs2)cc1. The van der Waals surface area contributed by atoms with Crippen molar-refractivity contribution in [3.63, 3.8) is 0 Å². The number of aldehydes is 1. The Balaban J connectivity index is 2.10. The van der Waals surface area contributed by atoms with E-state index in [1.807, 2.05) is 31.6 Å². The molecule has 0 aliphatic heterocycles. The van der Waals surface area contributed by atoms with Crippen molar-refractivity contribution in [3.8, 4) is 0 Å². The maximum Gasteiger partial charge on any atom is 0.128 e. The largest absolute Gasteiger partial charge is 0.378 e. The number of thiophene rings is 1. The highest BCUT2D eigenvalue weighted by Crippen LogP contribution is 2.24. The quantitative estimate of drug-likeness (QED) is 0.768. The van der Waals surface area contributed by atoms with Gasteiger partial charge in [-0.05, 0) is 35.6 Å². The Labute approximate surface area is 112 Å². The van der Waals surface area contributed by atoms with E-state index in [0.717, 1.165) is 17.6 Å². The molecule has 1 aromatic heterocycles. The maximum absolute atomic E-state index is 11.2. The van der Waals surface area contributed by atoms with Gasteiger partial charge < -0.3 is 9.69 Å². The molecule has 1 atom stereocenters. The number of hydrogen-bond donors (Lipinski definition) is 0. The summed E-state index contributed by atoms with van der Waals surface area (Å²) in [6, 6.07) is 12.4. The number of nitrogens with zero attached hydrogens (tertiary/aromatic N) is 1. The number of anilines is 1. The van der Waals surface area contributed by atoms with Gasteiger partial charge in [0.1, 0.15) is 6.29 Å². The summed E-state index contributed by atoms with van der Waals surface area (Å²) in [6.07, 6.45) is 1.82. The highest BCUT2D eigenvalue weighted by atomic mass is 32.1. The van der Waals surface area contributed by atoms with E-state index in [1.165, 1.54) is 11.3 Å². The molecule has 0 aliphatic carbocycles. The van der Waals surface area contributed by atoms with E-state index in [4.69, 9.17) is 0 Å². The maximum atomic E-state index is 11.2. The highest BCUT2D eigenvalue weighted by molar-refractivity contribution is 7.10. The van der Waals surface area contributed by atoms with Crippen LogP contribution >= 0.6 is 11.3 Å². The van der Waals surface area contributed by atoms with Crippen molar-refractivity contribution in [3.05, 3.63) is 52.2 Å².